The van der Waals surface area contributed by atoms with E-state index in [4.69, 9.17) is 0 Å². The summed E-state index contributed by atoms with van der Waals surface area (Å²) in [6.45, 7) is 4.66. The first-order valence-corrected chi connectivity index (χ1v) is 7.77. The van der Waals surface area contributed by atoms with Gasteiger partial charge in [0, 0.05) is 37.6 Å². The van der Waals surface area contributed by atoms with Gasteiger partial charge in [0.2, 0.25) is 0 Å². The van der Waals surface area contributed by atoms with Crippen molar-refractivity contribution in [3.8, 4) is 0 Å². The Balaban J connectivity index is 1.97. The molecule has 1 N–H and O–H groups in total. The van der Waals surface area contributed by atoms with Gasteiger partial charge in [0.25, 0.3) is 5.91 Å². The summed E-state index contributed by atoms with van der Waals surface area (Å²) in [5.41, 5.74) is 1.51. The third kappa shape index (κ3) is 4.17. The first-order chi connectivity index (χ1) is 10.1. The molecule has 0 radical (unpaired) electrons. The number of amides is 1. The van der Waals surface area contributed by atoms with E-state index in [9.17, 15) is 4.79 Å². The second kappa shape index (κ2) is 7.41. The van der Waals surface area contributed by atoms with Crippen molar-refractivity contribution >= 4 is 11.6 Å². The Bertz CT molecular complexity index is 467. The molecule has 2 rings (SSSR count). The van der Waals surface area contributed by atoms with Gasteiger partial charge in [-0.3, -0.25) is 9.78 Å². The van der Waals surface area contributed by atoms with Crippen molar-refractivity contribution in [1.82, 2.24) is 14.8 Å². The van der Waals surface area contributed by atoms with Gasteiger partial charge >= 0.3 is 0 Å². The molecule has 1 amide bonds. The molecule has 0 spiro atoms. The van der Waals surface area contributed by atoms with Gasteiger partial charge in [-0.1, -0.05) is 6.92 Å². The van der Waals surface area contributed by atoms with Gasteiger partial charge in [-0.05, 0) is 45.5 Å². The highest BCUT2D eigenvalue weighted by Gasteiger charge is 2.25. The van der Waals surface area contributed by atoms with E-state index >= 15 is 0 Å². The number of carbonyl (C=O) groups excluding carboxylic acids is 1. The molecule has 1 aliphatic heterocycles. The summed E-state index contributed by atoms with van der Waals surface area (Å²) in [4.78, 5) is 20.9. The van der Waals surface area contributed by atoms with Crippen molar-refractivity contribution in [3.63, 3.8) is 0 Å². The lowest BCUT2D eigenvalue weighted by Crippen LogP contribution is -2.44. The molecule has 0 bridgehead atoms. The Hall–Kier alpha value is -1.62. The average Bonchev–Trinajstić information content (AvgIpc) is 2.52. The van der Waals surface area contributed by atoms with Crippen molar-refractivity contribution in [2.75, 3.05) is 39.0 Å². The maximum Gasteiger partial charge on any atom is 0.272 e. The summed E-state index contributed by atoms with van der Waals surface area (Å²) < 4.78 is 0. The topological polar surface area (TPSA) is 48.5 Å². The molecule has 21 heavy (non-hydrogen) atoms. The number of carbonyl (C=O) groups is 1. The van der Waals surface area contributed by atoms with Crippen LogP contribution < -0.4 is 5.32 Å². The number of anilines is 1. The van der Waals surface area contributed by atoms with Gasteiger partial charge in [-0.15, -0.1) is 0 Å². The van der Waals surface area contributed by atoms with Crippen LogP contribution in [0, 0.1) is 0 Å². The number of piperidine rings is 1. The second-order valence-corrected chi connectivity index (χ2v) is 5.84. The van der Waals surface area contributed by atoms with Gasteiger partial charge in [0.1, 0.15) is 5.69 Å². The van der Waals surface area contributed by atoms with E-state index in [2.05, 4.69) is 36.2 Å². The highest BCUT2D eigenvalue weighted by atomic mass is 16.2. The van der Waals surface area contributed by atoms with Crippen LogP contribution in [0.1, 0.15) is 36.7 Å². The molecule has 1 aromatic heterocycles. The van der Waals surface area contributed by atoms with Crippen LogP contribution in [-0.4, -0.2) is 60.5 Å². The van der Waals surface area contributed by atoms with E-state index in [1.807, 2.05) is 17.0 Å². The van der Waals surface area contributed by atoms with Crippen molar-refractivity contribution in [2.24, 2.45) is 0 Å². The van der Waals surface area contributed by atoms with E-state index in [0.29, 0.717) is 11.7 Å². The molecule has 0 saturated carbocycles. The summed E-state index contributed by atoms with van der Waals surface area (Å²) in [7, 11) is 4.21. The molecule has 0 atom stereocenters. The number of pyridine rings is 1. The molecule has 1 aromatic rings. The van der Waals surface area contributed by atoms with Gasteiger partial charge in [0.05, 0.1) is 0 Å². The molecule has 5 nitrogen and oxygen atoms in total. The Morgan fingerprint density at radius 1 is 1.43 bits per heavy atom. The number of rotatable bonds is 5. The first kappa shape index (κ1) is 15.8. The summed E-state index contributed by atoms with van der Waals surface area (Å²) in [6, 6.07) is 4.35. The van der Waals surface area contributed by atoms with Gasteiger partial charge in [-0.25, -0.2) is 0 Å². The Morgan fingerprint density at radius 3 is 2.76 bits per heavy atom. The minimum atomic E-state index is 0.0485. The second-order valence-electron chi connectivity index (χ2n) is 5.84. The maximum absolute atomic E-state index is 12.5. The fraction of sp³-hybridized carbons (Fsp3) is 0.625. The Kier molecular flexibility index (Phi) is 5.56. The molecule has 1 aliphatic rings. The molecule has 2 heterocycles. The average molecular weight is 290 g/mol. The number of nitrogens with zero attached hydrogens (tertiary/aromatic N) is 3. The lowest BCUT2D eigenvalue weighted by molar-refractivity contribution is 0.0657. The van der Waals surface area contributed by atoms with Gasteiger partial charge < -0.3 is 15.1 Å². The fourth-order valence-electron chi connectivity index (χ4n) is 2.67. The zero-order chi connectivity index (χ0) is 15.2. The Labute approximate surface area is 127 Å². The molecule has 1 fully saturated rings. The third-order valence-corrected chi connectivity index (χ3v) is 4.04. The standard InChI is InChI=1S/C16H26N4O/c1-4-8-17-13-5-9-18-15(12-13)16(21)20-10-6-14(7-11-20)19(2)3/h5,9,12,14H,4,6-8,10-11H2,1-3H3,(H,17,18). The minimum Gasteiger partial charge on any atom is -0.385 e. The van der Waals surface area contributed by atoms with Crippen molar-refractivity contribution < 1.29 is 4.79 Å². The summed E-state index contributed by atoms with van der Waals surface area (Å²) in [5.74, 6) is 0.0485. The monoisotopic (exact) mass is 290 g/mol. The third-order valence-electron chi connectivity index (χ3n) is 4.04. The zero-order valence-corrected chi connectivity index (χ0v) is 13.3. The maximum atomic E-state index is 12.5. The minimum absolute atomic E-state index is 0.0485. The van der Waals surface area contributed by atoms with Crippen LogP contribution in [0.2, 0.25) is 0 Å². The molecule has 0 aromatic carbocycles. The summed E-state index contributed by atoms with van der Waals surface area (Å²) in [6.07, 6.45) is 4.83. The SMILES string of the molecule is CCCNc1ccnc(C(=O)N2CCC(N(C)C)CC2)c1. The fourth-order valence-corrected chi connectivity index (χ4v) is 2.67. The van der Waals surface area contributed by atoms with Crippen molar-refractivity contribution in [1.29, 1.82) is 0 Å². The van der Waals surface area contributed by atoms with Crippen LogP contribution >= 0.6 is 0 Å². The predicted octanol–water partition coefficient (Wildman–Crippen LogP) is 2.07. The van der Waals surface area contributed by atoms with E-state index < -0.39 is 0 Å². The van der Waals surface area contributed by atoms with Crippen molar-refractivity contribution in [2.45, 2.75) is 32.2 Å². The predicted molar refractivity (Wildman–Crippen MR) is 85.6 cm³/mol. The summed E-state index contributed by atoms with van der Waals surface area (Å²) >= 11 is 0. The number of hydrogen-bond acceptors (Lipinski definition) is 4. The number of likely N-dealkylation sites (tertiary alicyclic amines) is 1. The van der Waals surface area contributed by atoms with E-state index in [1.165, 1.54) is 0 Å². The molecule has 116 valence electrons. The lowest BCUT2D eigenvalue weighted by Gasteiger charge is -2.35. The highest BCUT2D eigenvalue weighted by Crippen LogP contribution is 2.17. The van der Waals surface area contributed by atoms with Crippen molar-refractivity contribution in [3.05, 3.63) is 24.0 Å². The highest BCUT2D eigenvalue weighted by molar-refractivity contribution is 5.93. The number of aromatic nitrogens is 1. The van der Waals surface area contributed by atoms with Crippen LogP contribution in [0.3, 0.4) is 0 Å². The molecule has 0 aliphatic carbocycles. The lowest BCUT2D eigenvalue weighted by atomic mass is 10.0. The van der Waals surface area contributed by atoms with Crippen LogP contribution in [0.5, 0.6) is 0 Å². The largest absolute Gasteiger partial charge is 0.385 e. The van der Waals surface area contributed by atoms with Crippen LogP contribution in [-0.2, 0) is 0 Å². The number of hydrogen-bond donors (Lipinski definition) is 1. The van der Waals surface area contributed by atoms with Crippen LogP contribution in [0.15, 0.2) is 18.3 Å². The molecule has 1 saturated heterocycles. The van der Waals surface area contributed by atoms with Gasteiger partial charge in [0.15, 0.2) is 0 Å². The molecular weight excluding hydrogens is 264 g/mol. The molecular formula is C16H26N4O. The van der Waals surface area contributed by atoms with E-state index in [0.717, 1.165) is 44.6 Å². The molecule has 5 heteroatoms. The summed E-state index contributed by atoms with van der Waals surface area (Å²) in [5, 5.41) is 3.30. The van der Waals surface area contributed by atoms with Crippen LogP contribution in [0.25, 0.3) is 0 Å². The quantitative estimate of drug-likeness (QED) is 0.902. The first-order valence-electron chi connectivity index (χ1n) is 7.77. The van der Waals surface area contributed by atoms with E-state index in [-0.39, 0.29) is 5.91 Å². The smallest absolute Gasteiger partial charge is 0.272 e. The van der Waals surface area contributed by atoms with Crippen LogP contribution in [0.4, 0.5) is 5.69 Å². The number of nitrogens with one attached hydrogen (secondary N) is 1. The molecule has 0 unspecified atom stereocenters. The zero-order valence-electron chi connectivity index (χ0n) is 13.3. The Morgan fingerprint density at radius 2 is 2.14 bits per heavy atom. The van der Waals surface area contributed by atoms with Gasteiger partial charge in [-0.2, -0.15) is 0 Å². The normalized spacial score (nSPS) is 16.3. The van der Waals surface area contributed by atoms with E-state index in [1.54, 1.807) is 6.20 Å².